The summed E-state index contributed by atoms with van der Waals surface area (Å²) >= 11 is 1.60. The smallest absolute Gasteiger partial charge is 0.240 e. The maximum atomic E-state index is 13.2. The van der Waals surface area contributed by atoms with E-state index in [4.69, 9.17) is 0 Å². The van der Waals surface area contributed by atoms with Gasteiger partial charge in [0.25, 0.3) is 0 Å². The predicted molar refractivity (Wildman–Crippen MR) is 133 cm³/mol. The van der Waals surface area contributed by atoms with Crippen LogP contribution in [0.25, 0.3) is 21.8 Å². The molecule has 0 aliphatic heterocycles. The number of nitrogens with zero attached hydrogens (tertiary/aromatic N) is 3. The molecular weight excluding hydrogens is 454 g/mol. The van der Waals surface area contributed by atoms with Gasteiger partial charge in [-0.2, -0.15) is 0 Å². The van der Waals surface area contributed by atoms with Gasteiger partial charge in [-0.25, -0.2) is 13.1 Å². The fourth-order valence-corrected chi connectivity index (χ4v) is 6.01. The molecule has 33 heavy (non-hydrogen) atoms. The summed E-state index contributed by atoms with van der Waals surface area (Å²) in [6.45, 7) is 0.920. The number of H-pyrrole nitrogens is 1. The molecule has 3 heterocycles. The van der Waals surface area contributed by atoms with Crippen LogP contribution in [0.2, 0.25) is 0 Å². The number of fused-ring (bicyclic) bond motifs is 2. The van der Waals surface area contributed by atoms with Crippen LogP contribution in [0.3, 0.4) is 0 Å². The average molecular weight is 480 g/mol. The van der Waals surface area contributed by atoms with Gasteiger partial charge in [0.1, 0.15) is 0 Å². The van der Waals surface area contributed by atoms with Gasteiger partial charge in [0.15, 0.2) is 0 Å². The van der Waals surface area contributed by atoms with Crippen molar-refractivity contribution in [2.45, 2.75) is 17.5 Å². The van der Waals surface area contributed by atoms with Crippen LogP contribution in [0.1, 0.15) is 16.5 Å². The number of benzene rings is 2. The zero-order valence-electron chi connectivity index (χ0n) is 18.4. The van der Waals surface area contributed by atoms with Crippen LogP contribution >= 0.6 is 11.3 Å². The fraction of sp³-hybridized carbons (Fsp3) is 0.208. The third kappa shape index (κ3) is 4.32. The van der Waals surface area contributed by atoms with E-state index in [0.717, 1.165) is 32.2 Å². The SMILES string of the molecule is CN(Cc1cncs1)[C@H](CNS(=O)(=O)c1ccc2cc[nH]c2c1)c1cn(C)c2ccccc12. The minimum Gasteiger partial charge on any atom is -0.361 e. The van der Waals surface area contributed by atoms with Crippen LogP contribution in [0, 0.1) is 0 Å². The summed E-state index contributed by atoms with van der Waals surface area (Å²) in [6.07, 6.45) is 5.76. The number of aromatic nitrogens is 3. The van der Waals surface area contributed by atoms with E-state index >= 15 is 0 Å². The Bertz CT molecular complexity index is 1500. The van der Waals surface area contributed by atoms with E-state index in [1.807, 2.05) is 50.1 Å². The van der Waals surface area contributed by atoms with Crippen LogP contribution in [-0.4, -0.2) is 41.4 Å². The Kier molecular flexibility index (Phi) is 5.79. The zero-order chi connectivity index (χ0) is 23.0. The van der Waals surface area contributed by atoms with Gasteiger partial charge >= 0.3 is 0 Å². The number of aryl methyl sites for hydroxylation is 1. The molecule has 2 aromatic carbocycles. The van der Waals surface area contributed by atoms with E-state index in [1.54, 1.807) is 29.7 Å². The van der Waals surface area contributed by atoms with Crippen LogP contribution in [0.15, 0.2) is 77.5 Å². The van der Waals surface area contributed by atoms with E-state index in [1.165, 1.54) is 0 Å². The van der Waals surface area contributed by atoms with Gasteiger partial charge in [-0.1, -0.05) is 24.3 Å². The lowest BCUT2D eigenvalue weighted by molar-refractivity contribution is 0.240. The van der Waals surface area contributed by atoms with Crippen LogP contribution in [0.4, 0.5) is 0 Å². The summed E-state index contributed by atoms with van der Waals surface area (Å²) in [4.78, 5) is 10.8. The Morgan fingerprint density at radius 3 is 2.88 bits per heavy atom. The fourth-order valence-electron chi connectivity index (χ4n) is 4.28. The molecule has 3 aromatic heterocycles. The highest BCUT2D eigenvalue weighted by Gasteiger charge is 2.25. The summed E-state index contributed by atoms with van der Waals surface area (Å²) in [6, 6.07) is 15.1. The van der Waals surface area contributed by atoms with Crippen LogP contribution < -0.4 is 4.72 Å². The van der Waals surface area contributed by atoms with E-state index in [0.29, 0.717) is 6.54 Å². The Hall–Kier alpha value is -2.98. The maximum absolute atomic E-state index is 13.2. The largest absolute Gasteiger partial charge is 0.361 e. The van der Waals surface area contributed by atoms with Crippen molar-refractivity contribution in [3.8, 4) is 0 Å². The number of hydrogen-bond acceptors (Lipinski definition) is 5. The first kappa shape index (κ1) is 21.8. The number of rotatable bonds is 8. The summed E-state index contributed by atoms with van der Waals surface area (Å²) in [7, 11) is 0.347. The second kappa shape index (κ2) is 8.75. The topological polar surface area (TPSA) is 83.0 Å². The first-order chi connectivity index (χ1) is 15.9. The third-order valence-electron chi connectivity index (χ3n) is 6.01. The number of sulfonamides is 1. The van der Waals surface area contributed by atoms with Gasteiger partial charge in [-0.3, -0.25) is 9.88 Å². The van der Waals surface area contributed by atoms with Crippen LogP contribution in [-0.2, 0) is 23.6 Å². The standard InChI is InChI=1S/C24H25N5O2S2/c1-28(14-18-12-25-16-32-18)24(21-15-29(2)23-6-4-3-5-20(21)23)13-27-33(30,31)19-8-7-17-9-10-26-22(17)11-19/h3-12,15-16,24,26-27H,13-14H2,1-2H3/t24-/m1/s1. The number of aromatic amines is 1. The van der Waals surface area contributed by atoms with Gasteiger partial charge in [0.2, 0.25) is 10.0 Å². The molecule has 0 unspecified atom stereocenters. The first-order valence-corrected chi connectivity index (χ1v) is 13.0. The minimum atomic E-state index is -3.69. The van der Waals surface area contributed by atoms with E-state index < -0.39 is 10.0 Å². The molecule has 0 aliphatic carbocycles. The molecule has 170 valence electrons. The summed E-state index contributed by atoms with van der Waals surface area (Å²) in [5.74, 6) is 0. The molecule has 0 saturated carbocycles. The Morgan fingerprint density at radius 2 is 2.06 bits per heavy atom. The van der Waals surface area contributed by atoms with Crippen molar-refractivity contribution in [3.63, 3.8) is 0 Å². The quantitative estimate of drug-likeness (QED) is 0.348. The Morgan fingerprint density at radius 1 is 1.21 bits per heavy atom. The molecule has 5 rings (SSSR count). The molecule has 9 heteroatoms. The lowest BCUT2D eigenvalue weighted by Crippen LogP contribution is -2.36. The monoisotopic (exact) mass is 479 g/mol. The molecule has 0 saturated heterocycles. The number of thiazole rings is 1. The molecule has 0 radical (unpaired) electrons. The lowest BCUT2D eigenvalue weighted by Gasteiger charge is -2.28. The highest BCUT2D eigenvalue weighted by Crippen LogP contribution is 2.30. The van der Waals surface area contributed by atoms with Crippen molar-refractivity contribution < 1.29 is 8.42 Å². The first-order valence-electron chi connectivity index (χ1n) is 10.6. The van der Waals surface area contributed by atoms with Crippen molar-refractivity contribution in [2.75, 3.05) is 13.6 Å². The molecule has 0 bridgehead atoms. The number of likely N-dealkylation sites (N-methyl/N-ethyl adjacent to an activating group) is 1. The number of para-hydroxylation sites is 1. The molecule has 1 atom stereocenters. The summed E-state index contributed by atoms with van der Waals surface area (Å²) in [5.41, 5.74) is 4.81. The van der Waals surface area contributed by atoms with Gasteiger partial charge in [0.05, 0.1) is 16.4 Å². The predicted octanol–water partition coefficient (Wildman–Crippen LogP) is 4.27. The van der Waals surface area contributed by atoms with E-state index in [2.05, 4.69) is 42.5 Å². The van der Waals surface area contributed by atoms with E-state index in [9.17, 15) is 8.42 Å². The molecule has 2 N–H and O–H groups in total. The number of nitrogens with one attached hydrogen (secondary N) is 2. The molecule has 0 amide bonds. The van der Waals surface area contributed by atoms with Crippen molar-refractivity contribution in [1.29, 1.82) is 0 Å². The van der Waals surface area contributed by atoms with Gasteiger partial charge in [-0.05, 0) is 42.3 Å². The highest BCUT2D eigenvalue weighted by atomic mass is 32.2. The van der Waals surface area contributed by atoms with E-state index in [-0.39, 0.29) is 17.5 Å². The Labute approximate surface area is 196 Å². The van der Waals surface area contributed by atoms with Crippen LogP contribution in [0.5, 0.6) is 0 Å². The molecule has 0 spiro atoms. The second-order valence-corrected chi connectivity index (χ2v) is 10.9. The molecule has 7 nitrogen and oxygen atoms in total. The third-order valence-corrected chi connectivity index (χ3v) is 8.20. The molecule has 0 fully saturated rings. The highest BCUT2D eigenvalue weighted by molar-refractivity contribution is 7.89. The van der Waals surface area contributed by atoms with Gasteiger partial charge in [-0.15, -0.1) is 11.3 Å². The van der Waals surface area contributed by atoms with Crippen molar-refractivity contribution in [3.05, 3.63) is 83.1 Å². The maximum Gasteiger partial charge on any atom is 0.240 e. The molecular formula is C24H25N5O2S2. The number of hydrogen-bond donors (Lipinski definition) is 2. The van der Waals surface area contributed by atoms with Crippen molar-refractivity contribution >= 4 is 43.2 Å². The minimum absolute atomic E-state index is 0.165. The molecule has 0 aliphatic rings. The average Bonchev–Trinajstić information content (AvgIpc) is 3.55. The summed E-state index contributed by atoms with van der Waals surface area (Å²) < 4.78 is 31.3. The summed E-state index contributed by atoms with van der Waals surface area (Å²) in [5, 5.41) is 2.10. The molecule has 5 aromatic rings. The second-order valence-electron chi connectivity index (χ2n) is 8.19. The van der Waals surface area contributed by atoms with Crippen molar-refractivity contribution in [2.24, 2.45) is 7.05 Å². The van der Waals surface area contributed by atoms with Gasteiger partial charge in [0, 0.05) is 60.0 Å². The van der Waals surface area contributed by atoms with Crippen molar-refractivity contribution in [1.82, 2.24) is 24.2 Å². The van der Waals surface area contributed by atoms with Gasteiger partial charge < -0.3 is 9.55 Å². The zero-order valence-corrected chi connectivity index (χ0v) is 20.0. The Balaban J connectivity index is 1.47. The lowest BCUT2D eigenvalue weighted by atomic mass is 10.0. The normalized spacial score (nSPS) is 13.3.